The van der Waals surface area contributed by atoms with Crippen LogP contribution >= 0.6 is 11.6 Å². The van der Waals surface area contributed by atoms with Crippen molar-refractivity contribution in [3.05, 3.63) is 99.8 Å². The molecule has 2 aromatic heterocycles. The monoisotopic (exact) mass is 548 g/mol. The molecule has 0 bridgehead atoms. The number of nitrogens with one attached hydrogen (secondary N) is 2. The van der Waals surface area contributed by atoms with E-state index in [9.17, 15) is 14.0 Å². The van der Waals surface area contributed by atoms with E-state index in [1.807, 2.05) is 11.8 Å². The van der Waals surface area contributed by atoms with Crippen molar-refractivity contribution in [2.45, 2.75) is 59.0 Å². The zero-order valence-electron chi connectivity index (χ0n) is 22.6. The number of likely N-dealkylation sites (tertiary alicyclic amines) is 1. The number of carbonyl (C=O) groups excluding carboxylic acids is 2. The van der Waals surface area contributed by atoms with Crippen molar-refractivity contribution >= 4 is 34.3 Å². The number of allylic oxidation sites excluding steroid dienone is 3. The van der Waals surface area contributed by atoms with Crippen LogP contribution in [0.3, 0.4) is 0 Å². The van der Waals surface area contributed by atoms with Crippen molar-refractivity contribution in [3.63, 3.8) is 0 Å². The van der Waals surface area contributed by atoms with Gasteiger partial charge in [-0.1, -0.05) is 48.4 Å². The highest BCUT2D eigenvalue weighted by atomic mass is 35.5. The topological polar surface area (TPSA) is 78.1 Å². The van der Waals surface area contributed by atoms with Gasteiger partial charge in [0.2, 0.25) is 5.91 Å². The molecule has 1 atom stereocenters. The Morgan fingerprint density at radius 1 is 1.26 bits per heavy atom. The molecule has 204 valence electrons. The second-order valence-electron chi connectivity index (χ2n) is 10.0. The minimum atomic E-state index is -0.420. The van der Waals surface area contributed by atoms with E-state index in [-0.39, 0.29) is 24.4 Å². The highest BCUT2D eigenvalue weighted by Crippen LogP contribution is 2.29. The molecular formula is C31H34ClFN4O2. The molecular weight excluding hydrogens is 515 g/mol. The van der Waals surface area contributed by atoms with E-state index < -0.39 is 5.82 Å². The van der Waals surface area contributed by atoms with E-state index in [4.69, 9.17) is 11.6 Å². The normalized spacial score (nSPS) is 16.1. The third-order valence-electron chi connectivity index (χ3n) is 7.18. The first-order chi connectivity index (χ1) is 18.7. The van der Waals surface area contributed by atoms with Crippen LogP contribution in [-0.2, 0) is 17.8 Å². The Labute approximate surface area is 233 Å². The Morgan fingerprint density at radius 2 is 2.05 bits per heavy atom. The minimum Gasteiger partial charge on any atom is -0.360 e. The summed E-state index contributed by atoms with van der Waals surface area (Å²) in [5.74, 6) is -0.667. The first kappa shape index (κ1) is 28.3. The van der Waals surface area contributed by atoms with E-state index in [1.54, 1.807) is 31.5 Å². The van der Waals surface area contributed by atoms with Gasteiger partial charge in [-0.25, -0.2) is 4.39 Å². The summed E-state index contributed by atoms with van der Waals surface area (Å²) in [6, 6.07) is 4.88. The van der Waals surface area contributed by atoms with Crippen LogP contribution in [0.2, 0.25) is 5.02 Å². The summed E-state index contributed by atoms with van der Waals surface area (Å²) in [6.45, 7) is 10.8. The zero-order chi connectivity index (χ0) is 28.1. The third-order valence-corrected chi connectivity index (χ3v) is 7.49. The lowest BCUT2D eigenvalue weighted by atomic mass is 9.94. The third kappa shape index (κ3) is 6.66. The van der Waals surface area contributed by atoms with Gasteiger partial charge in [-0.05, 0) is 61.9 Å². The van der Waals surface area contributed by atoms with Gasteiger partial charge < -0.3 is 15.2 Å². The molecule has 4 rings (SSSR count). The van der Waals surface area contributed by atoms with E-state index in [1.165, 1.54) is 12.3 Å². The SMILES string of the molecule is C=C(CC)C(=CC=C(C)Cc1cncc(C(=O)NCc2cc3c(Cl)c[nH]c3cc2F)c1)C1CCCN1C(C)=O. The molecule has 0 radical (unpaired) electrons. The Kier molecular flexibility index (Phi) is 9.02. The van der Waals surface area contributed by atoms with Crippen LogP contribution < -0.4 is 5.32 Å². The maximum atomic E-state index is 14.5. The van der Waals surface area contributed by atoms with Crippen LogP contribution in [0.1, 0.15) is 61.5 Å². The second kappa shape index (κ2) is 12.4. The number of hydrogen-bond donors (Lipinski definition) is 2. The number of aromatic nitrogens is 2. The zero-order valence-corrected chi connectivity index (χ0v) is 23.4. The molecule has 1 fully saturated rings. The fraction of sp³-hybridized carbons (Fsp3) is 0.323. The molecule has 8 heteroatoms. The van der Waals surface area contributed by atoms with Gasteiger partial charge in [-0.15, -0.1) is 0 Å². The Balaban J connectivity index is 1.44. The van der Waals surface area contributed by atoms with Crippen molar-refractivity contribution in [2.75, 3.05) is 6.54 Å². The van der Waals surface area contributed by atoms with Crippen molar-refractivity contribution in [1.29, 1.82) is 0 Å². The number of H-pyrrole nitrogens is 1. The molecule has 1 aliphatic heterocycles. The predicted octanol–water partition coefficient (Wildman–Crippen LogP) is 6.68. The van der Waals surface area contributed by atoms with Gasteiger partial charge in [0.15, 0.2) is 0 Å². The average Bonchev–Trinajstić information content (AvgIpc) is 3.54. The van der Waals surface area contributed by atoms with Gasteiger partial charge in [0.05, 0.1) is 16.6 Å². The van der Waals surface area contributed by atoms with Crippen LogP contribution in [0.5, 0.6) is 0 Å². The van der Waals surface area contributed by atoms with Crippen LogP contribution in [-0.4, -0.2) is 39.3 Å². The molecule has 1 saturated heterocycles. The van der Waals surface area contributed by atoms with Crippen molar-refractivity contribution in [1.82, 2.24) is 20.2 Å². The molecule has 0 spiro atoms. The lowest BCUT2D eigenvalue weighted by molar-refractivity contribution is -0.129. The number of halogens is 2. The number of benzene rings is 1. The van der Waals surface area contributed by atoms with E-state index in [0.717, 1.165) is 48.1 Å². The Bertz CT molecular complexity index is 1470. The largest absolute Gasteiger partial charge is 0.360 e. The minimum absolute atomic E-state index is 0.0264. The molecule has 3 aromatic rings. The van der Waals surface area contributed by atoms with Crippen molar-refractivity contribution < 1.29 is 14.0 Å². The molecule has 2 N–H and O–H groups in total. The first-order valence-corrected chi connectivity index (χ1v) is 13.6. The average molecular weight is 549 g/mol. The molecule has 39 heavy (non-hydrogen) atoms. The molecule has 0 saturated carbocycles. The highest BCUT2D eigenvalue weighted by Gasteiger charge is 2.29. The lowest BCUT2D eigenvalue weighted by Crippen LogP contribution is -2.35. The fourth-order valence-corrected chi connectivity index (χ4v) is 5.23. The maximum Gasteiger partial charge on any atom is 0.253 e. The molecule has 1 aliphatic rings. The molecule has 1 aromatic carbocycles. The summed E-state index contributed by atoms with van der Waals surface area (Å²) in [4.78, 5) is 34.1. The number of carbonyl (C=O) groups is 2. The quantitative estimate of drug-likeness (QED) is 0.293. The van der Waals surface area contributed by atoms with Gasteiger partial charge in [0.1, 0.15) is 5.82 Å². The van der Waals surface area contributed by atoms with Gasteiger partial charge in [-0.3, -0.25) is 14.6 Å². The van der Waals surface area contributed by atoms with Gasteiger partial charge >= 0.3 is 0 Å². The molecule has 3 heterocycles. The highest BCUT2D eigenvalue weighted by molar-refractivity contribution is 6.35. The number of amides is 2. The van der Waals surface area contributed by atoms with Crippen LogP contribution in [0.25, 0.3) is 10.9 Å². The van der Waals surface area contributed by atoms with Crippen LogP contribution in [0.4, 0.5) is 4.39 Å². The van der Waals surface area contributed by atoms with E-state index in [2.05, 4.69) is 40.9 Å². The van der Waals surface area contributed by atoms with E-state index >= 15 is 0 Å². The first-order valence-electron chi connectivity index (χ1n) is 13.2. The lowest BCUT2D eigenvalue weighted by Gasteiger charge is -2.26. The molecule has 2 amide bonds. The predicted molar refractivity (Wildman–Crippen MR) is 154 cm³/mol. The maximum absolute atomic E-state index is 14.5. The number of hydrogen-bond acceptors (Lipinski definition) is 3. The fourth-order valence-electron chi connectivity index (χ4n) is 5.02. The van der Waals surface area contributed by atoms with Crippen LogP contribution in [0.15, 0.2) is 72.2 Å². The van der Waals surface area contributed by atoms with Crippen molar-refractivity contribution in [2.24, 2.45) is 0 Å². The number of rotatable bonds is 9. The number of nitrogens with zero attached hydrogens (tertiary/aromatic N) is 2. The standard InChI is InChI=1S/C31H34ClFN4O2/c1-5-20(3)25(30-7-6-10-37(30)21(4)38)9-8-19(2)11-22-12-24(16-34-15-22)31(39)36-17-23-13-26-27(32)18-35-29(26)14-28(23)33/h8-9,12-16,18,30,35H,3,5-7,10-11,17H2,1-2,4H3,(H,36,39). The summed E-state index contributed by atoms with van der Waals surface area (Å²) in [6.07, 6.45) is 12.3. The number of fused-ring (bicyclic) bond motifs is 1. The summed E-state index contributed by atoms with van der Waals surface area (Å²) in [7, 11) is 0. The molecule has 6 nitrogen and oxygen atoms in total. The smallest absolute Gasteiger partial charge is 0.253 e. The second-order valence-corrected chi connectivity index (χ2v) is 10.4. The summed E-state index contributed by atoms with van der Waals surface area (Å²) >= 11 is 6.15. The van der Waals surface area contributed by atoms with E-state index in [0.29, 0.717) is 33.5 Å². The van der Waals surface area contributed by atoms with Gasteiger partial charge in [-0.2, -0.15) is 0 Å². The summed E-state index contributed by atoms with van der Waals surface area (Å²) in [5.41, 5.74) is 5.46. The van der Waals surface area contributed by atoms with Gasteiger partial charge in [0.25, 0.3) is 5.91 Å². The molecule has 0 aliphatic carbocycles. The number of aromatic amines is 1. The van der Waals surface area contributed by atoms with Gasteiger partial charge in [0, 0.05) is 55.1 Å². The van der Waals surface area contributed by atoms with Crippen molar-refractivity contribution in [3.8, 4) is 0 Å². The molecule has 1 unspecified atom stereocenters. The summed E-state index contributed by atoms with van der Waals surface area (Å²) in [5, 5.41) is 3.98. The van der Waals surface area contributed by atoms with Crippen LogP contribution in [0, 0.1) is 5.82 Å². The Morgan fingerprint density at radius 3 is 2.79 bits per heavy atom. The summed E-state index contributed by atoms with van der Waals surface area (Å²) < 4.78 is 14.5. The number of pyridine rings is 1. The Hall–Kier alpha value is -3.71.